The number of halogens is 1. The summed E-state index contributed by atoms with van der Waals surface area (Å²) >= 11 is 0. The Bertz CT molecular complexity index is 672. The van der Waals surface area contributed by atoms with Crippen molar-refractivity contribution >= 4 is 17.6 Å². The minimum atomic E-state index is -0.409. The highest BCUT2D eigenvalue weighted by molar-refractivity contribution is 6.28. The van der Waals surface area contributed by atoms with Crippen molar-refractivity contribution in [1.82, 2.24) is 0 Å². The summed E-state index contributed by atoms with van der Waals surface area (Å²) < 4.78 is 13.1. The fourth-order valence-electron chi connectivity index (χ4n) is 1.84. The number of allylic oxidation sites excluding steroid dienone is 1. The lowest BCUT2D eigenvalue weighted by Crippen LogP contribution is -2.10. The number of carbonyl (C=O) groups excluding carboxylic acids is 2. The molecule has 0 atom stereocenters. The number of ketones is 2. The Balaban J connectivity index is 2.42. The van der Waals surface area contributed by atoms with Crippen LogP contribution in [0.1, 0.15) is 22.8 Å². The molecule has 0 heterocycles. The van der Waals surface area contributed by atoms with Gasteiger partial charge in [0.05, 0.1) is 5.57 Å². The van der Waals surface area contributed by atoms with E-state index in [2.05, 4.69) is 0 Å². The molecule has 0 spiro atoms. The molecule has 2 nitrogen and oxygen atoms in total. The molecular formula is C17H13FO2. The molecule has 0 amide bonds. The van der Waals surface area contributed by atoms with Crippen LogP contribution in [0.25, 0.3) is 6.08 Å². The molecule has 0 fully saturated rings. The van der Waals surface area contributed by atoms with Gasteiger partial charge in [0.1, 0.15) is 5.82 Å². The van der Waals surface area contributed by atoms with E-state index in [4.69, 9.17) is 0 Å². The first-order valence-electron chi connectivity index (χ1n) is 6.16. The summed E-state index contributed by atoms with van der Waals surface area (Å²) in [4.78, 5) is 24.0. The van der Waals surface area contributed by atoms with Gasteiger partial charge in [-0.15, -0.1) is 0 Å². The predicted octanol–water partition coefficient (Wildman–Crippen LogP) is 3.68. The Hall–Kier alpha value is -2.55. The summed E-state index contributed by atoms with van der Waals surface area (Å²) in [7, 11) is 0. The van der Waals surface area contributed by atoms with Crippen LogP contribution in [0.3, 0.4) is 0 Å². The molecule has 0 aromatic heterocycles. The molecule has 20 heavy (non-hydrogen) atoms. The average molecular weight is 268 g/mol. The highest BCUT2D eigenvalue weighted by Crippen LogP contribution is 2.14. The Morgan fingerprint density at radius 3 is 2.30 bits per heavy atom. The molecule has 0 aliphatic heterocycles. The second kappa shape index (κ2) is 6.06. The van der Waals surface area contributed by atoms with Crippen molar-refractivity contribution in [1.29, 1.82) is 0 Å². The predicted molar refractivity (Wildman–Crippen MR) is 75.8 cm³/mol. The number of carbonyl (C=O) groups is 2. The molecule has 3 heteroatoms. The molecule has 2 aromatic carbocycles. The van der Waals surface area contributed by atoms with Gasteiger partial charge >= 0.3 is 0 Å². The second-order valence-electron chi connectivity index (χ2n) is 4.36. The van der Waals surface area contributed by atoms with Gasteiger partial charge in [-0.1, -0.05) is 42.5 Å². The minimum absolute atomic E-state index is 0.0433. The molecule has 0 bridgehead atoms. The van der Waals surface area contributed by atoms with Crippen molar-refractivity contribution in [3.8, 4) is 0 Å². The molecule has 0 aliphatic rings. The number of hydrogen-bond acceptors (Lipinski definition) is 2. The summed E-state index contributed by atoms with van der Waals surface area (Å²) in [6.45, 7) is 1.33. The Kier molecular flexibility index (Phi) is 4.20. The van der Waals surface area contributed by atoms with Gasteiger partial charge in [-0.25, -0.2) is 4.39 Å². The summed E-state index contributed by atoms with van der Waals surface area (Å²) in [5.74, 6) is -1.11. The van der Waals surface area contributed by atoms with E-state index in [1.54, 1.807) is 36.4 Å². The van der Waals surface area contributed by atoms with Crippen LogP contribution in [-0.2, 0) is 4.79 Å². The molecule has 2 rings (SSSR count). The first-order chi connectivity index (χ1) is 9.58. The summed E-state index contributed by atoms with van der Waals surface area (Å²) in [5, 5.41) is 0. The van der Waals surface area contributed by atoms with Gasteiger partial charge < -0.3 is 0 Å². The fourth-order valence-corrected chi connectivity index (χ4v) is 1.84. The highest BCUT2D eigenvalue weighted by atomic mass is 19.1. The van der Waals surface area contributed by atoms with E-state index in [1.807, 2.05) is 0 Å². The fraction of sp³-hybridized carbons (Fsp3) is 0.0588. The lowest BCUT2D eigenvalue weighted by molar-refractivity contribution is -0.113. The smallest absolute Gasteiger partial charge is 0.196 e. The average Bonchev–Trinajstić information content (AvgIpc) is 2.45. The van der Waals surface area contributed by atoms with Gasteiger partial charge in [0.15, 0.2) is 11.6 Å². The van der Waals surface area contributed by atoms with Gasteiger partial charge in [-0.05, 0) is 30.7 Å². The van der Waals surface area contributed by atoms with Gasteiger partial charge in [0, 0.05) is 5.56 Å². The highest BCUT2D eigenvalue weighted by Gasteiger charge is 2.16. The third-order valence-electron chi connectivity index (χ3n) is 2.82. The van der Waals surface area contributed by atoms with Gasteiger partial charge in [0.2, 0.25) is 0 Å². The first kappa shape index (κ1) is 13.9. The molecule has 0 aliphatic carbocycles. The molecule has 0 saturated heterocycles. The van der Waals surface area contributed by atoms with E-state index in [0.717, 1.165) is 0 Å². The van der Waals surface area contributed by atoms with E-state index in [-0.39, 0.29) is 17.1 Å². The Morgan fingerprint density at radius 2 is 1.70 bits per heavy atom. The van der Waals surface area contributed by atoms with Crippen molar-refractivity contribution in [2.75, 3.05) is 0 Å². The van der Waals surface area contributed by atoms with Crippen LogP contribution in [-0.4, -0.2) is 11.6 Å². The number of Topliss-reactive ketones (excluding diaryl/α,β-unsaturated/α-hetero) is 2. The van der Waals surface area contributed by atoms with Crippen molar-refractivity contribution in [3.63, 3.8) is 0 Å². The van der Waals surface area contributed by atoms with Gasteiger partial charge in [0.25, 0.3) is 0 Å². The van der Waals surface area contributed by atoms with E-state index in [9.17, 15) is 14.0 Å². The van der Waals surface area contributed by atoms with E-state index in [0.29, 0.717) is 11.1 Å². The zero-order valence-corrected chi connectivity index (χ0v) is 11.0. The molecule has 100 valence electrons. The largest absolute Gasteiger partial charge is 0.294 e. The Labute approximate surface area is 116 Å². The summed E-state index contributed by atoms with van der Waals surface area (Å²) in [6.07, 6.45) is 1.42. The quantitative estimate of drug-likeness (QED) is 0.367. The number of rotatable bonds is 4. The van der Waals surface area contributed by atoms with Crippen molar-refractivity contribution in [2.45, 2.75) is 6.92 Å². The van der Waals surface area contributed by atoms with Crippen molar-refractivity contribution in [2.24, 2.45) is 0 Å². The third kappa shape index (κ3) is 3.26. The van der Waals surface area contributed by atoms with Crippen molar-refractivity contribution < 1.29 is 14.0 Å². The molecule has 2 aromatic rings. The molecule has 0 N–H and O–H groups in total. The minimum Gasteiger partial charge on any atom is -0.294 e. The third-order valence-corrected chi connectivity index (χ3v) is 2.82. The molecule has 0 saturated carbocycles. The van der Waals surface area contributed by atoms with Crippen LogP contribution in [0, 0.1) is 5.82 Å². The Morgan fingerprint density at radius 1 is 1.00 bits per heavy atom. The lowest BCUT2D eigenvalue weighted by atomic mass is 9.98. The normalized spacial score (nSPS) is 11.2. The van der Waals surface area contributed by atoms with Crippen LogP contribution in [0.4, 0.5) is 4.39 Å². The standard InChI is InChI=1S/C17H13FO2/c1-12(19)16(11-13-6-5-9-15(18)10-13)17(20)14-7-3-2-4-8-14/h2-11H,1H3/b16-11+. The number of hydrogen-bond donors (Lipinski definition) is 0. The second-order valence-corrected chi connectivity index (χ2v) is 4.36. The van der Waals surface area contributed by atoms with Gasteiger partial charge in [-0.3, -0.25) is 9.59 Å². The van der Waals surface area contributed by atoms with Crippen LogP contribution in [0.5, 0.6) is 0 Å². The SMILES string of the molecule is CC(=O)/C(=C\c1cccc(F)c1)C(=O)c1ccccc1. The van der Waals surface area contributed by atoms with Crippen molar-refractivity contribution in [3.05, 3.63) is 77.1 Å². The van der Waals surface area contributed by atoms with E-state index >= 15 is 0 Å². The topological polar surface area (TPSA) is 34.1 Å². The summed E-state index contributed by atoms with van der Waals surface area (Å²) in [6, 6.07) is 14.3. The molecule has 0 unspecified atom stereocenters. The van der Waals surface area contributed by atoms with Gasteiger partial charge in [-0.2, -0.15) is 0 Å². The lowest BCUT2D eigenvalue weighted by Gasteiger charge is -2.04. The zero-order chi connectivity index (χ0) is 14.5. The monoisotopic (exact) mass is 268 g/mol. The van der Waals surface area contributed by atoms with Crippen LogP contribution < -0.4 is 0 Å². The maximum Gasteiger partial charge on any atom is 0.196 e. The maximum atomic E-state index is 13.1. The van der Waals surface area contributed by atoms with Crippen LogP contribution >= 0.6 is 0 Å². The van der Waals surface area contributed by atoms with E-state index < -0.39 is 5.82 Å². The summed E-state index contributed by atoms with van der Waals surface area (Å²) in [5.41, 5.74) is 0.964. The van der Waals surface area contributed by atoms with Crippen LogP contribution in [0.15, 0.2) is 60.2 Å². The first-order valence-corrected chi connectivity index (χ1v) is 6.16. The number of benzene rings is 2. The van der Waals surface area contributed by atoms with Crippen LogP contribution in [0.2, 0.25) is 0 Å². The molecule has 0 radical (unpaired) electrons. The zero-order valence-electron chi connectivity index (χ0n) is 11.0. The maximum absolute atomic E-state index is 13.1. The molecular weight excluding hydrogens is 255 g/mol. The van der Waals surface area contributed by atoms with E-state index in [1.165, 1.54) is 31.2 Å².